The van der Waals surface area contributed by atoms with Crippen molar-refractivity contribution in [2.24, 2.45) is 5.92 Å². The van der Waals surface area contributed by atoms with Crippen LogP contribution in [0.3, 0.4) is 0 Å². The van der Waals surface area contributed by atoms with Crippen molar-refractivity contribution in [3.63, 3.8) is 0 Å². The first-order valence-electron chi connectivity index (χ1n) is 6.43. The standard InChI is InChI=1S/C15H16BrClN2O/c1-9(2)6-13-12(8-20)15(17)19(18-13)14-5-4-11(16)7-10(14)3/h4-5,7-9H,6H2,1-3H3. The molecule has 3 nitrogen and oxygen atoms in total. The Balaban J connectivity index is 2.57. The third-order valence-electron chi connectivity index (χ3n) is 3.05. The quantitative estimate of drug-likeness (QED) is 0.751. The van der Waals surface area contributed by atoms with E-state index >= 15 is 0 Å². The maximum Gasteiger partial charge on any atom is 0.155 e. The molecule has 5 heteroatoms. The SMILES string of the molecule is Cc1cc(Br)ccc1-n1nc(CC(C)C)c(C=O)c1Cl. The Labute approximate surface area is 132 Å². The van der Waals surface area contributed by atoms with Crippen LogP contribution in [0.2, 0.25) is 5.15 Å². The summed E-state index contributed by atoms with van der Waals surface area (Å²) in [4.78, 5) is 11.3. The van der Waals surface area contributed by atoms with Gasteiger partial charge in [-0.3, -0.25) is 4.79 Å². The van der Waals surface area contributed by atoms with Gasteiger partial charge < -0.3 is 0 Å². The zero-order valence-corrected chi connectivity index (χ0v) is 14.0. The van der Waals surface area contributed by atoms with E-state index in [2.05, 4.69) is 34.9 Å². The highest BCUT2D eigenvalue weighted by atomic mass is 79.9. The number of carbonyl (C=O) groups is 1. The molecule has 0 amide bonds. The second-order valence-electron chi connectivity index (χ2n) is 5.21. The summed E-state index contributed by atoms with van der Waals surface area (Å²) >= 11 is 9.75. The number of benzene rings is 1. The van der Waals surface area contributed by atoms with Gasteiger partial charge in [0, 0.05) is 4.47 Å². The first kappa shape index (κ1) is 15.3. The summed E-state index contributed by atoms with van der Waals surface area (Å²) < 4.78 is 2.64. The molecule has 0 atom stereocenters. The number of hydrogen-bond acceptors (Lipinski definition) is 2. The lowest BCUT2D eigenvalue weighted by Gasteiger charge is -2.07. The van der Waals surface area contributed by atoms with Crippen LogP contribution in [-0.4, -0.2) is 16.1 Å². The van der Waals surface area contributed by atoms with Gasteiger partial charge in [0.05, 0.1) is 16.9 Å². The molecule has 20 heavy (non-hydrogen) atoms. The fourth-order valence-electron chi connectivity index (χ4n) is 2.12. The maximum absolute atomic E-state index is 11.3. The molecule has 1 heterocycles. The van der Waals surface area contributed by atoms with Crippen molar-refractivity contribution in [3.05, 3.63) is 44.6 Å². The minimum atomic E-state index is 0.376. The molecule has 0 spiro atoms. The van der Waals surface area contributed by atoms with Crippen molar-refractivity contribution < 1.29 is 4.79 Å². The lowest BCUT2D eigenvalue weighted by atomic mass is 10.1. The third-order valence-corrected chi connectivity index (χ3v) is 3.90. The first-order valence-corrected chi connectivity index (χ1v) is 7.60. The molecule has 0 N–H and O–H groups in total. The lowest BCUT2D eigenvalue weighted by molar-refractivity contribution is 0.112. The minimum absolute atomic E-state index is 0.376. The number of aromatic nitrogens is 2. The van der Waals surface area contributed by atoms with Gasteiger partial charge in [0.15, 0.2) is 6.29 Å². The van der Waals surface area contributed by atoms with E-state index in [0.717, 1.165) is 34.1 Å². The van der Waals surface area contributed by atoms with Gasteiger partial charge in [0.25, 0.3) is 0 Å². The van der Waals surface area contributed by atoms with Gasteiger partial charge in [0.2, 0.25) is 0 Å². The molecular weight excluding hydrogens is 340 g/mol. The van der Waals surface area contributed by atoms with Crippen LogP contribution in [0.1, 0.15) is 35.5 Å². The highest BCUT2D eigenvalue weighted by Gasteiger charge is 2.18. The van der Waals surface area contributed by atoms with Crippen LogP contribution in [0.5, 0.6) is 0 Å². The fraction of sp³-hybridized carbons (Fsp3) is 0.333. The number of rotatable bonds is 4. The zero-order chi connectivity index (χ0) is 14.9. The Kier molecular flexibility index (Phi) is 4.66. The van der Waals surface area contributed by atoms with Crippen LogP contribution in [-0.2, 0) is 6.42 Å². The van der Waals surface area contributed by atoms with Crippen molar-refractivity contribution >= 4 is 33.8 Å². The van der Waals surface area contributed by atoms with Crippen LogP contribution in [0.4, 0.5) is 0 Å². The van der Waals surface area contributed by atoms with Gasteiger partial charge in [-0.15, -0.1) is 0 Å². The lowest BCUT2D eigenvalue weighted by Crippen LogP contribution is -2.01. The van der Waals surface area contributed by atoms with Crippen LogP contribution >= 0.6 is 27.5 Å². The molecule has 0 bridgehead atoms. The number of aryl methyl sites for hydroxylation is 1. The second kappa shape index (κ2) is 6.10. The molecule has 0 aliphatic heterocycles. The summed E-state index contributed by atoms with van der Waals surface area (Å²) in [7, 11) is 0. The average Bonchev–Trinajstić information content (AvgIpc) is 2.65. The fourth-order valence-corrected chi connectivity index (χ4v) is 2.88. The van der Waals surface area contributed by atoms with E-state index < -0.39 is 0 Å². The summed E-state index contributed by atoms with van der Waals surface area (Å²) in [5.74, 6) is 0.416. The Hall–Kier alpha value is -1.13. The van der Waals surface area contributed by atoms with Gasteiger partial charge in [-0.05, 0) is 43.0 Å². The summed E-state index contributed by atoms with van der Waals surface area (Å²) in [6.07, 6.45) is 1.52. The molecular formula is C15H16BrClN2O. The third kappa shape index (κ3) is 2.96. The van der Waals surface area contributed by atoms with E-state index in [9.17, 15) is 4.79 Å². The molecule has 0 unspecified atom stereocenters. The predicted octanol–water partition coefficient (Wildman–Crippen LogP) is 4.61. The molecule has 0 aliphatic carbocycles. The summed E-state index contributed by atoms with van der Waals surface area (Å²) in [5, 5.41) is 4.90. The number of aldehydes is 1. The molecule has 0 fully saturated rings. The normalized spacial score (nSPS) is 11.1. The van der Waals surface area contributed by atoms with E-state index in [0.29, 0.717) is 16.6 Å². The molecule has 0 radical (unpaired) electrons. The highest BCUT2D eigenvalue weighted by Crippen LogP contribution is 2.27. The van der Waals surface area contributed by atoms with E-state index in [1.807, 2.05) is 25.1 Å². The van der Waals surface area contributed by atoms with E-state index in [-0.39, 0.29) is 0 Å². The van der Waals surface area contributed by atoms with Gasteiger partial charge in [0.1, 0.15) is 5.15 Å². The van der Waals surface area contributed by atoms with Crippen molar-refractivity contribution in [3.8, 4) is 5.69 Å². The van der Waals surface area contributed by atoms with Gasteiger partial charge in [-0.25, -0.2) is 4.68 Å². The van der Waals surface area contributed by atoms with Crippen molar-refractivity contribution in [2.45, 2.75) is 27.2 Å². The Bertz CT molecular complexity index is 650. The number of carbonyl (C=O) groups excluding carboxylic acids is 1. The summed E-state index contributed by atoms with van der Waals surface area (Å²) in [6.45, 7) is 6.17. The van der Waals surface area contributed by atoms with E-state index in [4.69, 9.17) is 11.6 Å². The van der Waals surface area contributed by atoms with Crippen molar-refractivity contribution in [1.82, 2.24) is 9.78 Å². The largest absolute Gasteiger partial charge is 0.298 e. The van der Waals surface area contributed by atoms with Crippen LogP contribution in [0.15, 0.2) is 22.7 Å². The van der Waals surface area contributed by atoms with Crippen LogP contribution in [0, 0.1) is 12.8 Å². The van der Waals surface area contributed by atoms with Gasteiger partial charge >= 0.3 is 0 Å². The molecule has 106 valence electrons. The molecule has 2 aromatic rings. The molecule has 2 rings (SSSR count). The Morgan fingerprint density at radius 2 is 2.15 bits per heavy atom. The van der Waals surface area contributed by atoms with Crippen LogP contribution < -0.4 is 0 Å². The molecule has 1 aromatic carbocycles. The molecule has 0 saturated carbocycles. The number of hydrogen-bond donors (Lipinski definition) is 0. The Morgan fingerprint density at radius 3 is 2.70 bits per heavy atom. The number of nitrogens with zero attached hydrogens (tertiary/aromatic N) is 2. The minimum Gasteiger partial charge on any atom is -0.298 e. The average molecular weight is 356 g/mol. The summed E-state index contributed by atoms with van der Waals surface area (Å²) in [6, 6.07) is 5.87. The van der Waals surface area contributed by atoms with Crippen molar-refractivity contribution in [1.29, 1.82) is 0 Å². The molecule has 1 aromatic heterocycles. The molecule has 0 saturated heterocycles. The predicted molar refractivity (Wildman–Crippen MR) is 84.9 cm³/mol. The van der Waals surface area contributed by atoms with Gasteiger partial charge in [-0.1, -0.05) is 41.4 Å². The van der Waals surface area contributed by atoms with E-state index in [1.54, 1.807) is 4.68 Å². The van der Waals surface area contributed by atoms with E-state index in [1.165, 1.54) is 0 Å². The highest BCUT2D eigenvalue weighted by molar-refractivity contribution is 9.10. The topological polar surface area (TPSA) is 34.9 Å². The monoisotopic (exact) mass is 354 g/mol. The van der Waals surface area contributed by atoms with Crippen molar-refractivity contribution in [2.75, 3.05) is 0 Å². The second-order valence-corrected chi connectivity index (χ2v) is 6.48. The maximum atomic E-state index is 11.3. The number of halogens is 2. The van der Waals surface area contributed by atoms with Crippen LogP contribution in [0.25, 0.3) is 5.69 Å². The van der Waals surface area contributed by atoms with Gasteiger partial charge in [-0.2, -0.15) is 5.10 Å². The summed E-state index contributed by atoms with van der Waals surface area (Å²) in [5.41, 5.74) is 3.17. The molecule has 0 aliphatic rings. The zero-order valence-electron chi connectivity index (χ0n) is 11.7. The smallest absolute Gasteiger partial charge is 0.155 e. The first-order chi connectivity index (χ1) is 9.43. The Morgan fingerprint density at radius 1 is 1.45 bits per heavy atom.